The molecule has 0 aliphatic rings. The maximum atomic E-state index is 11.7. The molecule has 4 amide bonds. The van der Waals surface area contributed by atoms with Crippen molar-refractivity contribution in [1.29, 1.82) is 10.5 Å². The van der Waals surface area contributed by atoms with E-state index in [2.05, 4.69) is 20.1 Å². The summed E-state index contributed by atoms with van der Waals surface area (Å²) in [6, 6.07) is 3.48. The standard InChI is InChI=1S/C24H36N6O6/c1-3-35-23(33)29-21(31)19(15-25)17-27-13-11-9-7-5-6-8-10-12-14-28-18-20(16-26)22(32)30-24(34)36-4-2/h17-18,27-28H,3-14H2,1-2H3,(H,29,31,33)(H,30,32,34). The van der Waals surface area contributed by atoms with Gasteiger partial charge in [0.15, 0.2) is 0 Å². The molecule has 0 heterocycles. The van der Waals surface area contributed by atoms with Crippen molar-refractivity contribution in [2.75, 3.05) is 26.3 Å². The summed E-state index contributed by atoms with van der Waals surface area (Å²) < 4.78 is 9.19. The summed E-state index contributed by atoms with van der Waals surface area (Å²) in [7, 11) is 0. The number of nitrogens with zero attached hydrogens (tertiary/aromatic N) is 2. The number of carbonyl (C=O) groups is 4. The Morgan fingerprint density at radius 2 is 0.972 bits per heavy atom. The molecular formula is C24H36N6O6. The van der Waals surface area contributed by atoms with Crippen LogP contribution in [0.3, 0.4) is 0 Å². The minimum absolute atomic E-state index is 0.129. The number of nitriles is 2. The quantitative estimate of drug-likeness (QED) is 0.130. The highest BCUT2D eigenvalue weighted by Crippen LogP contribution is 2.08. The Hall–Kier alpha value is -4.06. The molecule has 0 aromatic rings. The molecule has 0 spiro atoms. The Balaban J connectivity index is 3.81. The first kappa shape index (κ1) is 31.9. The summed E-state index contributed by atoms with van der Waals surface area (Å²) in [4.78, 5) is 45.9. The second-order valence-corrected chi connectivity index (χ2v) is 7.43. The van der Waals surface area contributed by atoms with E-state index in [-0.39, 0.29) is 24.4 Å². The summed E-state index contributed by atoms with van der Waals surface area (Å²) in [5, 5.41) is 27.8. The minimum atomic E-state index is -0.887. The number of alkyl carbamates (subject to hydrolysis) is 2. The molecule has 4 N–H and O–H groups in total. The number of hydrogen-bond acceptors (Lipinski definition) is 10. The lowest BCUT2D eigenvalue weighted by Gasteiger charge is -2.05. The van der Waals surface area contributed by atoms with Crippen LogP contribution in [0.2, 0.25) is 0 Å². The van der Waals surface area contributed by atoms with E-state index >= 15 is 0 Å². The first-order valence-corrected chi connectivity index (χ1v) is 12.0. The van der Waals surface area contributed by atoms with Gasteiger partial charge in [0, 0.05) is 25.5 Å². The van der Waals surface area contributed by atoms with Gasteiger partial charge in [0.05, 0.1) is 13.2 Å². The van der Waals surface area contributed by atoms with Crippen molar-refractivity contribution in [2.45, 2.75) is 65.2 Å². The topological polar surface area (TPSA) is 182 Å². The molecule has 0 saturated carbocycles. The van der Waals surface area contributed by atoms with Crippen LogP contribution in [-0.2, 0) is 19.1 Å². The van der Waals surface area contributed by atoms with Crippen LogP contribution in [0.5, 0.6) is 0 Å². The van der Waals surface area contributed by atoms with Gasteiger partial charge in [-0.1, -0.05) is 38.5 Å². The number of rotatable bonds is 17. The summed E-state index contributed by atoms with van der Waals surface area (Å²) in [5.74, 6) is -1.61. The molecule has 0 aromatic carbocycles. The first-order valence-electron chi connectivity index (χ1n) is 12.0. The fraction of sp³-hybridized carbons (Fsp3) is 0.583. The predicted molar refractivity (Wildman–Crippen MR) is 131 cm³/mol. The van der Waals surface area contributed by atoms with E-state index in [4.69, 9.17) is 10.5 Å². The van der Waals surface area contributed by atoms with Crippen LogP contribution in [0.25, 0.3) is 0 Å². The minimum Gasteiger partial charge on any atom is -0.450 e. The van der Waals surface area contributed by atoms with Crippen molar-refractivity contribution in [3.8, 4) is 12.1 Å². The van der Waals surface area contributed by atoms with Crippen LogP contribution in [0.1, 0.15) is 65.2 Å². The Bertz CT molecular complexity index is 786. The van der Waals surface area contributed by atoms with Gasteiger partial charge < -0.3 is 20.1 Å². The van der Waals surface area contributed by atoms with E-state index in [1.165, 1.54) is 12.4 Å². The van der Waals surface area contributed by atoms with E-state index in [9.17, 15) is 19.2 Å². The summed E-state index contributed by atoms with van der Waals surface area (Å²) in [6.45, 7) is 4.70. The van der Waals surface area contributed by atoms with Crippen LogP contribution in [-0.4, -0.2) is 50.3 Å². The van der Waals surface area contributed by atoms with Crippen LogP contribution in [0.4, 0.5) is 9.59 Å². The van der Waals surface area contributed by atoms with Gasteiger partial charge in [-0.2, -0.15) is 10.5 Å². The zero-order valence-corrected chi connectivity index (χ0v) is 21.0. The molecule has 0 unspecified atom stereocenters. The van der Waals surface area contributed by atoms with E-state index < -0.39 is 24.0 Å². The number of carbonyl (C=O) groups excluding carboxylic acids is 4. The highest BCUT2D eigenvalue weighted by atomic mass is 16.6. The molecular weight excluding hydrogens is 468 g/mol. The van der Waals surface area contributed by atoms with Crippen molar-refractivity contribution in [3.05, 3.63) is 23.5 Å². The molecule has 0 aliphatic carbocycles. The third-order valence-corrected chi connectivity index (χ3v) is 4.60. The van der Waals surface area contributed by atoms with Crippen molar-refractivity contribution >= 4 is 24.0 Å². The number of unbranched alkanes of at least 4 members (excludes halogenated alkanes) is 7. The van der Waals surface area contributed by atoms with Gasteiger partial charge in [0.25, 0.3) is 11.8 Å². The highest BCUT2D eigenvalue weighted by molar-refractivity contribution is 6.05. The fourth-order valence-electron chi connectivity index (χ4n) is 2.81. The maximum absolute atomic E-state index is 11.7. The van der Waals surface area contributed by atoms with Gasteiger partial charge in [0.2, 0.25) is 0 Å². The Labute approximate surface area is 212 Å². The van der Waals surface area contributed by atoms with E-state index in [1.54, 1.807) is 26.0 Å². The average Bonchev–Trinajstić information content (AvgIpc) is 2.84. The normalized spacial score (nSPS) is 10.9. The average molecular weight is 505 g/mol. The molecule has 12 heteroatoms. The Morgan fingerprint density at radius 3 is 1.28 bits per heavy atom. The van der Waals surface area contributed by atoms with Crippen LogP contribution in [0.15, 0.2) is 23.5 Å². The third-order valence-electron chi connectivity index (χ3n) is 4.60. The smallest absolute Gasteiger partial charge is 0.414 e. The third kappa shape index (κ3) is 16.5. The second-order valence-electron chi connectivity index (χ2n) is 7.43. The van der Waals surface area contributed by atoms with Gasteiger partial charge >= 0.3 is 12.2 Å². The predicted octanol–water partition coefficient (Wildman–Crippen LogP) is 2.65. The largest absolute Gasteiger partial charge is 0.450 e. The van der Waals surface area contributed by atoms with E-state index in [0.29, 0.717) is 13.1 Å². The highest BCUT2D eigenvalue weighted by Gasteiger charge is 2.14. The molecule has 0 fully saturated rings. The lowest BCUT2D eigenvalue weighted by Crippen LogP contribution is -2.32. The van der Waals surface area contributed by atoms with Crippen molar-refractivity contribution in [2.24, 2.45) is 0 Å². The number of ether oxygens (including phenoxy) is 2. The van der Waals surface area contributed by atoms with Gasteiger partial charge in [-0.05, 0) is 26.7 Å². The molecule has 0 aromatic heterocycles. The van der Waals surface area contributed by atoms with E-state index in [0.717, 1.165) is 51.4 Å². The zero-order chi connectivity index (χ0) is 27.0. The van der Waals surface area contributed by atoms with Crippen LogP contribution < -0.4 is 21.3 Å². The van der Waals surface area contributed by atoms with Crippen molar-refractivity contribution in [3.63, 3.8) is 0 Å². The monoisotopic (exact) mass is 504 g/mol. The molecule has 12 nitrogen and oxygen atoms in total. The Morgan fingerprint density at radius 1 is 0.639 bits per heavy atom. The van der Waals surface area contributed by atoms with Gasteiger partial charge in [-0.15, -0.1) is 0 Å². The molecule has 36 heavy (non-hydrogen) atoms. The maximum Gasteiger partial charge on any atom is 0.414 e. The van der Waals surface area contributed by atoms with E-state index in [1.807, 2.05) is 10.6 Å². The summed E-state index contributed by atoms with van der Waals surface area (Å²) in [5.41, 5.74) is -0.395. The number of imide groups is 2. The molecule has 0 saturated heterocycles. The molecule has 0 radical (unpaired) electrons. The van der Waals surface area contributed by atoms with Crippen molar-refractivity contribution < 1.29 is 28.7 Å². The number of hydrogen-bond donors (Lipinski definition) is 4. The van der Waals surface area contributed by atoms with Crippen LogP contribution in [0, 0.1) is 22.7 Å². The lowest BCUT2D eigenvalue weighted by molar-refractivity contribution is -0.117. The molecule has 0 bridgehead atoms. The van der Waals surface area contributed by atoms with Gasteiger partial charge in [0.1, 0.15) is 23.3 Å². The lowest BCUT2D eigenvalue weighted by atomic mass is 10.1. The van der Waals surface area contributed by atoms with Gasteiger partial charge in [-0.3, -0.25) is 20.2 Å². The summed E-state index contributed by atoms with van der Waals surface area (Å²) >= 11 is 0. The fourth-order valence-corrected chi connectivity index (χ4v) is 2.81. The SMILES string of the molecule is CCOC(=O)NC(=O)C(C#N)=CNCCCCCCCCCCNC=C(C#N)C(=O)NC(=O)OCC. The molecule has 0 atom stereocenters. The zero-order valence-electron chi connectivity index (χ0n) is 21.0. The second kappa shape index (κ2) is 21.5. The Kier molecular flexibility index (Phi) is 19.1. The first-order chi connectivity index (χ1) is 17.4. The molecule has 0 rings (SSSR count). The summed E-state index contributed by atoms with van der Waals surface area (Å²) in [6.07, 6.45) is 8.94. The van der Waals surface area contributed by atoms with Crippen molar-refractivity contribution in [1.82, 2.24) is 21.3 Å². The molecule has 198 valence electrons. The number of nitrogens with one attached hydrogen (secondary N) is 4. The molecule has 0 aliphatic heterocycles. The number of amides is 4. The van der Waals surface area contributed by atoms with Crippen LogP contribution >= 0.6 is 0 Å². The van der Waals surface area contributed by atoms with Gasteiger partial charge in [-0.25, -0.2) is 9.59 Å².